The fraction of sp³-hybridized carbons (Fsp3) is 0.294. The fourth-order valence-electron chi connectivity index (χ4n) is 2.08. The molecule has 2 aromatic carbocycles. The topological polar surface area (TPSA) is 12.0 Å². The third-order valence-corrected chi connectivity index (χ3v) is 3.77. The molecule has 2 aromatic rings. The van der Waals surface area contributed by atoms with Crippen LogP contribution in [0.4, 0.5) is 4.39 Å². The highest BCUT2D eigenvalue weighted by Gasteiger charge is 2.06. The van der Waals surface area contributed by atoms with Gasteiger partial charge in [-0.2, -0.15) is 0 Å². The Bertz CT molecular complexity index is 566. The first-order valence-electron chi connectivity index (χ1n) is 6.86. The Hall–Kier alpha value is -1.38. The van der Waals surface area contributed by atoms with Crippen LogP contribution in [-0.4, -0.2) is 0 Å². The molecular formula is C17H19ClFN. The zero-order chi connectivity index (χ0) is 14.5. The molecule has 0 heterocycles. The summed E-state index contributed by atoms with van der Waals surface area (Å²) in [5, 5.41) is 3.59. The van der Waals surface area contributed by atoms with Gasteiger partial charge in [-0.3, -0.25) is 0 Å². The van der Waals surface area contributed by atoms with Gasteiger partial charge >= 0.3 is 0 Å². The summed E-state index contributed by atoms with van der Waals surface area (Å²) in [6.07, 6.45) is 1.05. The van der Waals surface area contributed by atoms with E-state index in [0.717, 1.165) is 12.0 Å². The molecule has 0 saturated heterocycles. The van der Waals surface area contributed by atoms with Crippen molar-refractivity contribution in [3.63, 3.8) is 0 Å². The molecule has 0 fully saturated rings. The average Bonchev–Trinajstić information content (AvgIpc) is 2.48. The third kappa shape index (κ3) is 3.81. The maximum absolute atomic E-state index is 13.1. The van der Waals surface area contributed by atoms with Crippen molar-refractivity contribution in [2.45, 2.75) is 32.9 Å². The third-order valence-electron chi connectivity index (χ3n) is 3.48. The van der Waals surface area contributed by atoms with Gasteiger partial charge in [0.15, 0.2) is 0 Å². The number of nitrogens with one attached hydrogen (secondary N) is 1. The Labute approximate surface area is 124 Å². The van der Waals surface area contributed by atoms with Crippen LogP contribution >= 0.6 is 11.6 Å². The van der Waals surface area contributed by atoms with E-state index < -0.39 is 0 Å². The van der Waals surface area contributed by atoms with E-state index in [9.17, 15) is 4.39 Å². The first-order chi connectivity index (χ1) is 9.60. The summed E-state index contributed by atoms with van der Waals surface area (Å²) in [4.78, 5) is 0. The molecular weight excluding hydrogens is 273 g/mol. The lowest BCUT2D eigenvalue weighted by atomic mass is 10.0. The molecule has 20 heavy (non-hydrogen) atoms. The lowest BCUT2D eigenvalue weighted by molar-refractivity contribution is 0.572. The van der Waals surface area contributed by atoms with Crippen LogP contribution in [0.2, 0.25) is 5.02 Å². The quantitative estimate of drug-likeness (QED) is 0.827. The molecule has 0 aliphatic rings. The zero-order valence-electron chi connectivity index (χ0n) is 11.8. The van der Waals surface area contributed by atoms with Crippen molar-refractivity contribution in [1.82, 2.24) is 5.32 Å². The second-order valence-electron chi connectivity index (χ2n) is 4.95. The SMILES string of the molecule is CCc1ccc(C(C)NCc2ccc(F)c(Cl)c2)cc1. The summed E-state index contributed by atoms with van der Waals surface area (Å²) >= 11 is 5.78. The Morgan fingerprint density at radius 1 is 1.10 bits per heavy atom. The standard InChI is InChI=1S/C17H19ClFN/c1-3-13-4-7-15(8-5-13)12(2)20-11-14-6-9-17(19)16(18)10-14/h4-10,12,20H,3,11H2,1-2H3. The molecule has 0 aliphatic carbocycles. The van der Waals surface area contributed by atoms with Crippen LogP contribution in [0.15, 0.2) is 42.5 Å². The highest BCUT2D eigenvalue weighted by atomic mass is 35.5. The van der Waals surface area contributed by atoms with Crippen LogP contribution in [0.3, 0.4) is 0 Å². The molecule has 106 valence electrons. The van der Waals surface area contributed by atoms with Gasteiger partial charge in [0, 0.05) is 12.6 Å². The highest BCUT2D eigenvalue weighted by molar-refractivity contribution is 6.30. The van der Waals surface area contributed by atoms with Crippen LogP contribution in [0.1, 0.15) is 36.6 Å². The van der Waals surface area contributed by atoms with Crippen LogP contribution < -0.4 is 5.32 Å². The lowest BCUT2D eigenvalue weighted by Gasteiger charge is -2.15. The molecule has 2 rings (SSSR count). The summed E-state index contributed by atoms with van der Waals surface area (Å²) in [5.74, 6) is -0.376. The van der Waals surface area contributed by atoms with E-state index in [-0.39, 0.29) is 16.9 Å². The summed E-state index contributed by atoms with van der Waals surface area (Å²) < 4.78 is 13.1. The first kappa shape index (κ1) is 15.0. The van der Waals surface area contributed by atoms with Gasteiger partial charge < -0.3 is 5.32 Å². The minimum Gasteiger partial charge on any atom is -0.306 e. The molecule has 0 saturated carbocycles. The molecule has 0 radical (unpaired) electrons. The lowest BCUT2D eigenvalue weighted by Crippen LogP contribution is -2.18. The van der Waals surface area contributed by atoms with Gasteiger partial charge in [0.05, 0.1) is 5.02 Å². The maximum atomic E-state index is 13.1. The summed E-state index contributed by atoms with van der Waals surface area (Å²) in [5.41, 5.74) is 3.56. The number of aryl methyl sites for hydroxylation is 1. The zero-order valence-corrected chi connectivity index (χ0v) is 12.5. The van der Waals surface area contributed by atoms with Crippen LogP contribution in [0.25, 0.3) is 0 Å². The fourth-order valence-corrected chi connectivity index (χ4v) is 2.28. The van der Waals surface area contributed by atoms with E-state index in [4.69, 9.17) is 11.6 Å². The molecule has 0 spiro atoms. The average molecular weight is 292 g/mol. The van der Waals surface area contributed by atoms with Crippen molar-refractivity contribution in [3.8, 4) is 0 Å². The monoisotopic (exact) mass is 291 g/mol. The van der Waals surface area contributed by atoms with Gasteiger partial charge in [0.25, 0.3) is 0 Å². The Balaban J connectivity index is 1.96. The molecule has 1 atom stereocenters. The van der Waals surface area contributed by atoms with E-state index in [0.29, 0.717) is 6.54 Å². The molecule has 1 N–H and O–H groups in total. The molecule has 1 unspecified atom stereocenters. The molecule has 0 aliphatic heterocycles. The van der Waals surface area contributed by atoms with Crippen molar-refractivity contribution in [3.05, 3.63) is 70.0 Å². The largest absolute Gasteiger partial charge is 0.306 e. The van der Waals surface area contributed by atoms with Crippen molar-refractivity contribution < 1.29 is 4.39 Å². The first-order valence-corrected chi connectivity index (χ1v) is 7.24. The normalized spacial score (nSPS) is 12.4. The Morgan fingerprint density at radius 2 is 1.75 bits per heavy atom. The Morgan fingerprint density at radius 3 is 2.35 bits per heavy atom. The van der Waals surface area contributed by atoms with E-state index >= 15 is 0 Å². The molecule has 1 nitrogen and oxygen atoms in total. The van der Waals surface area contributed by atoms with E-state index in [1.54, 1.807) is 12.1 Å². The van der Waals surface area contributed by atoms with Crippen molar-refractivity contribution in [2.24, 2.45) is 0 Å². The number of halogens is 2. The van der Waals surface area contributed by atoms with E-state index in [1.807, 2.05) is 0 Å². The Kier molecular flexibility index (Phi) is 5.16. The number of hydrogen-bond donors (Lipinski definition) is 1. The van der Waals surface area contributed by atoms with Gasteiger partial charge in [-0.05, 0) is 42.2 Å². The predicted molar refractivity (Wildman–Crippen MR) is 82.5 cm³/mol. The molecule has 3 heteroatoms. The van der Waals surface area contributed by atoms with Crippen molar-refractivity contribution >= 4 is 11.6 Å². The predicted octanol–water partition coefficient (Wildman–Crippen LogP) is 4.89. The van der Waals surface area contributed by atoms with Gasteiger partial charge in [-0.25, -0.2) is 4.39 Å². The van der Waals surface area contributed by atoms with Crippen LogP contribution in [0.5, 0.6) is 0 Å². The van der Waals surface area contributed by atoms with Crippen molar-refractivity contribution in [1.29, 1.82) is 0 Å². The number of hydrogen-bond acceptors (Lipinski definition) is 1. The minimum absolute atomic E-state index is 0.171. The summed E-state index contributed by atoms with van der Waals surface area (Å²) in [6.45, 7) is 4.93. The van der Waals surface area contributed by atoms with Gasteiger partial charge in [0.2, 0.25) is 0 Å². The second-order valence-corrected chi connectivity index (χ2v) is 5.35. The van der Waals surface area contributed by atoms with Gasteiger partial charge in [0.1, 0.15) is 5.82 Å². The molecule has 0 amide bonds. The summed E-state index contributed by atoms with van der Waals surface area (Å²) in [6, 6.07) is 13.7. The maximum Gasteiger partial charge on any atom is 0.141 e. The smallest absolute Gasteiger partial charge is 0.141 e. The summed E-state index contributed by atoms with van der Waals surface area (Å²) in [7, 11) is 0. The minimum atomic E-state index is -0.376. The number of rotatable bonds is 5. The van der Waals surface area contributed by atoms with Crippen LogP contribution in [-0.2, 0) is 13.0 Å². The van der Waals surface area contributed by atoms with Crippen LogP contribution in [0, 0.1) is 5.82 Å². The second kappa shape index (κ2) is 6.87. The van der Waals surface area contributed by atoms with Gasteiger partial charge in [-0.1, -0.05) is 48.9 Å². The molecule has 0 aromatic heterocycles. The molecule has 0 bridgehead atoms. The van der Waals surface area contributed by atoms with Crippen molar-refractivity contribution in [2.75, 3.05) is 0 Å². The van der Waals surface area contributed by atoms with Gasteiger partial charge in [-0.15, -0.1) is 0 Å². The number of benzene rings is 2. The highest BCUT2D eigenvalue weighted by Crippen LogP contribution is 2.18. The van der Waals surface area contributed by atoms with E-state index in [1.165, 1.54) is 17.2 Å². The van der Waals surface area contributed by atoms with E-state index in [2.05, 4.69) is 43.4 Å².